The number of aromatic nitrogens is 1. The highest BCUT2D eigenvalue weighted by molar-refractivity contribution is 5.36. The Balaban J connectivity index is 3.53. The van der Waals surface area contributed by atoms with Crippen LogP contribution in [-0.2, 0) is 0 Å². The summed E-state index contributed by atoms with van der Waals surface area (Å²) in [6.45, 7) is 0. The molecule has 0 fully saturated rings. The second-order valence-electron chi connectivity index (χ2n) is 2.14. The molecule has 0 atom stereocenters. The Morgan fingerprint density at radius 3 is 1.77 bits per heavy atom. The normalized spacial score (nSPS) is 8.08. The van der Waals surface area contributed by atoms with E-state index in [0.29, 0.717) is 0 Å². The number of nitriles is 3. The van der Waals surface area contributed by atoms with Crippen molar-refractivity contribution >= 4 is 0 Å². The smallest absolute Gasteiger partial charge is 0.297 e. The molecule has 0 saturated carbocycles. The van der Waals surface area contributed by atoms with Gasteiger partial charge in [-0.1, -0.05) is 0 Å². The first-order valence-corrected chi connectivity index (χ1v) is 3.21. The van der Waals surface area contributed by atoms with Crippen molar-refractivity contribution in [3.8, 4) is 18.2 Å². The number of nitrogens with zero attached hydrogens (tertiary/aromatic N) is 4. The molecular formula is C8H2N4O. The summed E-state index contributed by atoms with van der Waals surface area (Å²) in [4.78, 5) is 0. The van der Waals surface area contributed by atoms with Crippen molar-refractivity contribution in [2.45, 2.75) is 0 Å². The number of hydrogen-bond acceptors (Lipinski definition) is 4. The van der Waals surface area contributed by atoms with Crippen LogP contribution in [0.1, 0.15) is 17.0 Å². The molecule has 0 N–H and O–H groups in total. The molecule has 0 spiro atoms. The van der Waals surface area contributed by atoms with Gasteiger partial charge in [-0.25, -0.2) is 0 Å². The lowest BCUT2D eigenvalue weighted by Gasteiger charge is -1.99. The van der Waals surface area contributed by atoms with Crippen molar-refractivity contribution in [1.29, 1.82) is 15.8 Å². The average Bonchev–Trinajstić information content (AvgIpc) is 2.18. The zero-order valence-corrected chi connectivity index (χ0v) is 6.35. The molecule has 0 saturated heterocycles. The second kappa shape index (κ2) is 3.21. The average molecular weight is 170 g/mol. The first kappa shape index (κ1) is 8.52. The molecule has 1 rings (SSSR count). The van der Waals surface area contributed by atoms with Crippen LogP contribution in [-0.4, -0.2) is 0 Å². The quantitative estimate of drug-likeness (QED) is 0.402. The van der Waals surface area contributed by atoms with Gasteiger partial charge in [0.15, 0.2) is 12.1 Å². The van der Waals surface area contributed by atoms with E-state index in [1.165, 1.54) is 0 Å². The Bertz CT molecular complexity index is 437. The van der Waals surface area contributed by atoms with Crippen molar-refractivity contribution in [2.24, 2.45) is 0 Å². The van der Waals surface area contributed by atoms with Crippen molar-refractivity contribution < 1.29 is 4.73 Å². The maximum Gasteiger partial charge on any atom is 0.297 e. The molecule has 1 aromatic heterocycles. The zero-order chi connectivity index (χ0) is 9.84. The summed E-state index contributed by atoms with van der Waals surface area (Å²) in [6.07, 6.45) is 0. The lowest BCUT2D eigenvalue weighted by Crippen LogP contribution is -2.34. The van der Waals surface area contributed by atoms with E-state index in [1.54, 1.807) is 18.2 Å². The topological polar surface area (TPSA) is 98.3 Å². The summed E-state index contributed by atoms with van der Waals surface area (Å²) in [5.74, 6) is 0. The van der Waals surface area contributed by atoms with Gasteiger partial charge in [-0.3, -0.25) is 0 Å². The molecule has 5 nitrogen and oxygen atoms in total. The molecule has 0 aliphatic carbocycles. The second-order valence-corrected chi connectivity index (χ2v) is 2.14. The molecule has 0 aromatic carbocycles. The zero-order valence-electron chi connectivity index (χ0n) is 6.35. The van der Waals surface area contributed by atoms with E-state index < -0.39 is 0 Å². The van der Waals surface area contributed by atoms with Crippen molar-refractivity contribution in [2.75, 3.05) is 0 Å². The highest BCUT2D eigenvalue weighted by atomic mass is 16.5. The first-order valence-electron chi connectivity index (χ1n) is 3.21. The van der Waals surface area contributed by atoms with Gasteiger partial charge in [0, 0.05) is 12.1 Å². The van der Waals surface area contributed by atoms with E-state index in [2.05, 4.69) is 0 Å². The third-order valence-corrected chi connectivity index (χ3v) is 1.38. The SMILES string of the molecule is N#Cc1cc(C#N)[n+]([O-])c(C#N)c1. The Labute approximate surface area is 73.9 Å². The van der Waals surface area contributed by atoms with Crippen LogP contribution >= 0.6 is 0 Å². The third kappa shape index (κ3) is 1.38. The summed E-state index contributed by atoms with van der Waals surface area (Å²) < 4.78 is 0.195. The van der Waals surface area contributed by atoms with Gasteiger partial charge in [-0.2, -0.15) is 15.8 Å². The van der Waals surface area contributed by atoms with E-state index >= 15 is 0 Å². The molecule has 1 heterocycles. The highest BCUT2D eigenvalue weighted by Crippen LogP contribution is 2.01. The van der Waals surface area contributed by atoms with Gasteiger partial charge in [-0.15, -0.1) is 4.73 Å². The van der Waals surface area contributed by atoms with Crippen LogP contribution in [0.4, 0.5) is 0 Å². The van der Waals surface area contributed by atoms with Gasteiger partial charge in [0.25, 0.3) is 11.4 Å². The standard InChI is InChI=1S/C8H2N4O/c9-3-6-1-7(4-10)12(13)8(2-6)5-11/h1-2H. The van der Waals surface area contributed by atoms with Gasteiger partial charge >= 0.3 is 0 Å². The maximum atomic E-state index is 11.1. The molecule has 60 valence electrons. The van der Waals surface area contributed by atoms with E-state index in [1.807, 2.05) is 0 Å². The predicted octanol–water partition coefficient (Wildman–Crippen LogP) is -0.0650. The van der Waals surface area contributed by atoms with E-state index in [9.17, 15) is 5.21 Å². The van der Waals surface area contributed by atoms with E-state index in [0.717, 1.165) is 12.1 Å². The molecule has 1 aromatic rings. The van der Waals surface area contributed by atoms with Gasteiger partial charge < -0.3 is 5.21 Å². The fourth-order valence-corrected chi connectivity index (χ4v) is 0.803. The van der Waals surface area contributed by atoms with Crippen LogP contribution in [0.25, 0.3) is 0 Å². The number of pyridine rings is 1. The monoisotopic (exact) mass is 170 g/mol. The molecule has 5 heteroatoms. The van der Waals surface area contributed by atoms with Crippen LogP contribution in [0.2, 0.25) is 0 Å². The molecular weight excluding hydrogens is 168 g/mol. The Morgan fingerprint density at radius 2 is 1.46 bits per heavy atom. The lowest BCUT2D eigenvalue weighted by molar-refractivity contribution is -0.611. The van der Waals surface area contributed by atoms with E-state index in [4.69, 9.17) is 15.8 Å². The van der Waals surface area contributed by atoms with Crippen LogP contribution in [0.15, 0.2) is 12.1 Å². The van der Waals surface area contributed by atoms with E-state index in [-0.39, 0.29) is 21.7 Å². The number of rotatable bonds is 0. The van der Waals surface area contributed by atoms with Crippen molar-refractivity contribution in [3.05, 3.63) is 34.3 Å². The fourth-order valence-electron chi connectivity index (χ4n) is 0.803. The predicted molar refractivity (Wildman–Crippen MR) is 39.5 cm³/mol. The molecule has 0 unspecified atom stereocenters. The molecule has 0 amide bonds. The lowest BCUT2D eigenvalue weighted by atomic mass is 10.2. The van der Waals surface area contributed by atoms with Crippen LogP contribution in [0, 0.1) is 39.2 Å². The Kier molecular flexibility index (Phi) is 2.10. The third-order valence-electron chi connectivity index (χ3n) is 1.38. The minimum atomic E-state index is -0.254. The summed E-state index contributed by atoms with van der Waals surface area (Å²) in [7, 11) is 0. The highest BCUT2D eigenvalue weighted by Gasteiger charge is 2.12. The minimum Gasteiger partial charge on any atom is -0.617 e. The van der Waals surface area contributed by atoms with Crippen molar-refractivity contribution in [1.82, 2.24) is 0 Å². The molecule has 13 heavy (non-hydrogen) atoms. The Morgan fingerprint density at radius 1 is 1.00 bits per heavy atom. The van der Waals surface area contributed by atoms with Crippen LogP contribution in [0.3, 0.4) is 0 Å². The number of hydrogen-bond donors (Lipinski definition) is 0. The summed E-state index contributed by atoms with van der Waals surface area (Å²) in [5, 5.41) is 36.5. The van der Waals surface area contributed by atoms with Crippen LogP contribution in [0.5, 0.6) is 0 Å². The molecule has 0 aliphatic rings. The largest absolute Gasteiger partial charge is 0.617 e. The van der Waals surface area contributed by atoms with Gasteiger partial charge in [-0.05, 0) is 0 Å². The summed E-state index contributed by atoms with van der Waals surface area (Å²) >= 11 is 0. The first-order chi connectivity index (χ1) is 6.22. The summed E-state index contributed by atoms with van der Waals surface area (Å²) in [6, 6.07) is 7.20. The molecule has 0 aliphatic heterocycles. The fraction of sp³-hybridized carbons (Fsp3) is 0. The minimum absolute atomic E-state index is 0.125. The van der Waals surface area contributed by atoms with Gasteiger partial charge in [0.1, 0.15) is 0 Å². The maximum absolute atomic E-state index is 11.1. The summed E-state index contributed by atoms with van der Waals surface area (Å²) in [5.41, 5.74) is -0.383. The van der Waals surface area contributed by atoms with Crippen molar-refractivity contribution in [3.63, 3.8) is 0 Å². The molecule has 0 bridgehead atoms. The molecule has 0 radical (unpaired) electrons. The van der Waals surface area contributed by atoms with Gasteiger partial charge in [0.2, 0.25) is 0 Å². The Hall–Kier alpha value is -2.58. The van der Waals surface area contributed by atoms with Crippen LogP contribution < -0.4 is 4.73 Å². The van der Waals surface area contributed by atoms with Gasteiger partial charge in [0.05, 0.1) is 11.6 Å².